The van der Waals surface area contributed by atoms with Gasteiger partial charge in [-0.15, -0.1) is 0 Å². The minimum absolute atomic E-state index is 0.0191. The van der Waals surface area contributed by atoms with E-state index in [2.05, 4.69) is 11.9 Å². The van der Waals surface area contributed by atoms with Crippen LogP contribution in [0.2, 0.25) is 0 Å². The Hall–Kier alpha value is -3.41. The van der Waals surface area contributed by atoms with Crippen molar-refractivity contribution in [1.82, 2.24) is 4.98 Å². The zero-order valence-corrected chi connectivity index (χ0v) is 21.1. The number of ketones is 2. The van der Waals surface area contributed by atoms with E-state index >= 15 is 0 Å². The summed E-state index contributed by atoms with van der Waals surface area (Å²) in [4.78, 5) is 40.2. The van der Waals surface area contributed by atoms with Gasteiger partial charge in [0.15, 0.2) is 5.78 Å². The number of ether oxygens (including phenoxy) is 1. The van der Waals surface area contributed by atoms with E-state index in [-0.39, 0.29) is 37.4 Å². The lowest BCUT2D eigenvalue weighted by atomic mass is 9.92. The van der Waals surface area contributed by atoms with Gasteiger partial charge in [-0.2, -0.15) is 0 Å². The summed E-state index contributed by atoms with van der Waals surface area (Å²) in [5.74, 6) is -2.04. The molecule has 0 radical (unpaired) electrons. The standard InChI is InChI=1S/C30H37NO5/c1-2-3-4-5-6-7-11-22-16-18-24(19-17-22)36-21-28(33)30(27(32)14-10-15-29(34)35)26-20-23-12-8-9-13-25(23)31-26/h8-9,12-13,16-20,30-31H,2-7,10-11,14-15,21H2,1H3,(H,34,35). The molecule has 1 unspecified atom stereocenters. The van der Waals surface area contributed by atoms with Crippen LogP contribution in [-0.2, 0) is 20.8 Å². The number of aromatic nitrogens is 1. The smallest absolute Gasteiger partial charge is 0.303 e. The van der Waals surface area contributed by atoms with Crippen molar-refractivity contribution in [3.05, 3.63) is 65.9 Å². The second-order valence-corrected chi connectivity index (χ2v) is 9.38. The van der Waals surface area contributed by atoms with Crippen LogP contribution in [0, 0.1) is 0 Å². The van der Waals surface area contributed by atoms with E-state index in [9.17, 15) is 14.4 Å². The number of carbonyl (C=O) groups is 3. The summed E-state index contributed by atoms with van der Waals surface area (Å²) in [5.41, 5.74) is 2.60. The lowest BCUT2D eigenvalue weighted by Crippen LogP contribution is -2.27. The average Bonchev–Trinajstić information content (AvgIpc) is 3.29. The van der Waals surface area contributed by atoms with Crippen molar-refractivity contribution in [3.63, 3.8) is 0 Å². The molecule has 6 nitrogen and oxygen atoms in total. The van der Waals surface area contributed by atoms with Crippen LogP contribution in [0.4, 0.5) is 0 Å². The third-order valence-corrected chi connectivity index (χ3v) is 6.44. The molecule has 1 atom stereocenters. The number of rotatable bonds is 17. The Morgan fingerprint density at radius 1 is 0.861 bits per heavy atom. The topological polar surface area (TPSA) is 96.5 Å². The molecule has 3 rings (SSSR count). The number of aromatic amines is 1. The predicted octanol–water partition coefficient (Wildman–Crippen LogP) is 6.63. The molecule has 0 aliphatic rings. The number of nitrogens with one attached hydrogen (secondary N) is 1. The van der Waals surface area contributed by atoms with E-state index in [4.69, 9.17) is 9.84 Å². The molecule has 0 saturated carbocycles. The number of para-hydroxylation sites is 1. The van der Waals surface area contributed by atoms with Gasteiger partial charge in [-0.3, -0.25) is 14.4 Å². The van der Waals surface area contributed by atoms with Gasteiger partial charge in [0.05, 0.1) is 0 Å². The van der Waals surface area contributed by atoms with Gasteiger partial charge in [0.1, 0.15) is 24.1 Å². The fourth-order valence-electron chi connectivity index (χ4n) is 4.44. The summed E-state index contributed by atoms with van der Waals surface area (Å²) in [6.45, 7) is 1.99. The van der Waals surface area contributed by atoms with Gasteiger partial charge in [-0.05, 0) is 54.5 Å². The van der Waals surface area contributed by atoms with Crippen LogP contribution >= 0.6 is 0 Å². The average molecular weight is 492 g/mol. The van der Waals surface area contributed by atoms with E-state index in [1.54, 1.807) is 0 Å². The molecule has 192 valence electrons. The van der Waals surface area contributed by atoms with Gasteiger partial charge in [-0.25, -0.2) is 0 Å². The van der Waals surface area contributed by atoms with E-state index in [0.717, 1.165) is 17.3 Å². The second kappa shape index (κ2) is 14.2. The summed E-state index contributed by atoms with van der Waals surface area (Å²) in [6.07, 6.45) is 8.68. The maximum Gasteiger partial charge on any atom is 0.303 e. The van der Waals surface area contributed by atoms with Crippen LogP contribution < -0.4 is 4.74 Å². The quantitative estimate of drug-likeness (QED) is 0.163. The summed E-state index contributed by atoms with van der Waals surface area (Å²) < 4.78 is 5.75. The number of Topliss-reactive ketones (excluding diaryl/α,β-unsaturated/α-hetero) is 2. The SMILES string of the molecule is CCCCCCCCc1ccc(OCC(=O)C(C(=O)CCCC(=O)O)c2cc3ccccc3[nH]2)cc1. The van der Waals surface area contributed by atoms with Crippen molar-refractivity contribution >= 4 is 28.4 Å². The predicted molar refractivity (Wildman–Crippen MR) is 142 cm³/mol. The first kappa shape index (κ1) is 27.2. The molecular weight excluding hydrogens is 454 g/mol. The number of benzene rings is 2. The zero-order valence-electron chi connectivity index (χ0n) is 21.1. The van der Waals surface area contributed by atoms with Crippen LogP contribution in [0.1, 0.15) is 81.9 Å². The molecule has 2 N–H and O–H groups in total. The summed E-state index contributed by atoms with van der Waals surface area (Å²) in [7, 11) is 0. The maximum atomic E-state index is 13.2. The fourth-order valence-corrected chi connectivity index (χ4v) is 4.44. The third-order valence-electron chi connectivity index (χ3n) is 6.44. The normalized spacial score (nSPS) is 11.9. The number of hydrogen-bond acceptors (Lipinski definition) is 4. The molecule has 6 heteroatoms. The molecule has 0 amide bonds. The van der Waals surface area contributed by atoms with E-state index in [1.807, 2.05) is 54.6 Å². The van der Waals surface area contributed by atoms with Gasteiger partial charge in [0.2, 0.25) is 0 Å². The lowest BCUT2D eigenvalue weighted by molar-refractivity contribution is -0.137. The van der Waals surface area contributed by atoms with Gasteiger partial charge in [-0.1, -0.05) is 69.4 Å². The van der Waals surface area contributed by atoms with Crippen molar-refractivity contribution in [2.24, 2.45) is 0 Å². The number of unbranched alkanes of at least 4 members (excludes halogenated alkanes) is 5. The van der Waals surface area contributed by atoms with Crippen LogP contribution in [0.15, 0.2) is 54.6 Å². The Bertz CT molecular complexity index is 1100. The number of carboxylic acids is 1. The number of H-pyrrole nitrogens is 1. The number of aryl methyl sites for hydroxylation is 1. The summed E-state index contributed by atoms with van der Waals surface area (Å²) >= 11 is 0. The number of hydrogen-bond donors (Lipinski definition) is 2. The van der Waals surface area contributed by atoms with Crippen molar-refractivity contribution in [1.29, 1.82) is 0 Å². The lowest BCUT2D eigenvalue weighted by Gasteiger charge is -2.14. The van der Waals surface area contributed by atoms with Crippen LogP contribution in [-0.4, -0.2) is 34.2 Å². The summed E-state index contributed by atoms with van der Waals surface area (Å²) in [6, 6.07) is 17.2. The molecule has 0 saturated heterocycles. The molecule has 0 fully saturated rings. The maximum absolute atomic E-state index is 13.2. The molecule has 1 aromatic heterocycles. The summed E-state index contributed by atoms with van der Waals surface area (Å²) in [5, 5.41) is 9.81. The Labute approximate surface area is 213 Å². The Balaban J connectivity index is 1.59. The van der Waals surface area contributed by atoms with Crippen LogP contribution in [0.5, 0.6) is 5.75 Å². The van der Waals surface area contributed by atoms with Gasteiger partial charge < -0.3 is 14.8 Å². The highest BCUT2D eigenvalue weighted by Gasteiger charge is 2.30. The fraction of sp³-hybridized carbons (Fsp3) is 0.433. The van der Waals surface area contributed by atoms with E-state index in [0.29, 0.717) is 11.4 Å². The highest BCUT2D eigenvalue weighted by atomic mass is 16.5. The Kier molecular flexibility index (Phi) is 10.7. The third kappa shape index (κ3) is 8.36. The van der Waals surface area contributed by atoms with Gasteiger partial charge in [0, 0.05) is 24.1 Å². The molecule has 0 bridgehead atoms. The first-order valence-electron chi connectivity index (χ1n) is 13.0. The van der Waals surface area contributed by atoms with E-state index < -0.39 is 11.9 Å². The Morgan fingerprint density at radius 2 is 1.58 bits per heavy atom. The molecule has 36 heavy (non-hydrogen) atoms. The second-order valence-electron chi connectivity index (χ2n) is 9.38. The van der Waals surface area contributed by atoms with Crippen molar-refractivity contribution in [3.8, 4) is 5.75 Å². The molecular formula is C30H37NO5. The highest BCUT2D eigenvalue weighted by molar-refractivity contribution is 6.08. The molecule has 3 aromatic rings. The van der Waals surface area contributed by atoms with Gasteiger partial charge >= 0.3 is 5.97 Å². The number of aliphatic carboxylic acids is 1. The monoisotopic (exact) mass is 491 g/mol. The molecule has 0 spiro atoms. The largest absolute Gasteiger partial charge is 0.486 e. The number of carboxylic acid groups (broad SMARTS) is 1. The van der Waals surface area contributed by atoms with Crippen LogP contribution in [0.25, 0.3) is 10.9 Å². The number of carbonyl (C=O) groups excluding carboxylic acids is 2. The minimum Gasteiger partial charge on any atom is -0.486 e. The highest BCUT2D eigenvalue weighted by Crippen LogP contribution is 2.25. The minimum atomic E-state index is -1.02. The van der Waals surface area contributed by atoms with E-state index in [1.165, 1.54) is 44.1 Å². The van der Waals surface area contributed by atoms with Crippen molar-refractivity contribution in [2.75, 3.05) is 6.61 Å². The van der Waals surface area contributed by atoms with Gasteiger partial charge in [0.25, 0.3) is 0 Å². The Morgan fingerprint density at radius 3 is 2.31 bits per heavy atom. The number of fused-ring (bicyclic) bond motifs is 1. The van der Waals surface area contributed by atoms with Crippen molar-refractivity contribution < 1.29 is 24.2 Å². The zero-order chi connectivity index (χ0) is 25.8. The molecule has 1 heterocycles. The first-order valence-corrected chi connectivity index (χ1v) is 13.0. The van der Waals surface area contributed by atoms with Crippen LogP contribution in [0.3, 0.4) is 0 Å². The van der Waals surface area contributed by atoms with Crippen molar-refractivity contribution in [2.45, 2.75) is 77.0 Å². The molecule has 0 aliphatic carbocycles. The molecule has 0 aliphatic heterocycles. The molecule has 2 aromatic carbocycles. The first-order chi connectivity index (χ1) is 17.5.